The number of rotatable bonds is 19. The van der Waals surface area contributed by atoms with E-state index in [0.29, 0.717) is 85.7 Å². The van der Waals surface area contributed by atoms with E-state index in [-0.39, 0.29) is 67.4 Å². The Morgan fingerprint density at radius 2 is 0.961 bits per heavy atom. The molecule has 0 amide bonds. The largest absolute Gasteiger partial charge is 0.507 e. The van der Waals surface area contributed by atoms with Gasteiger partial charge in [0.1, 0.15) is 75.3 Å². The van der Waals surface area contributed by atoms with Crippen molar-refractivity contribution in [1.29, 1.82) is 0 Å². The Bertz CT molecular complexity index is 3250. The number of hydrogen-bond acceptors (Lipinski definition) is 17. The number of aliphatic hydroxyl groups excluding tert-OH is 1. The number of furan rings is 2. The summed E-state index contributed by atoms with van der Waals surface area (Å²) in [5.74, 6) is -5.31. The van der Waals surface area contributed by atoms with Gasteiger partial charge in [-0.05, 0) is 51.4 Å². The first-order valence-corrected chi connectivity index (χ1v) is 25.9. The quantitative estimate of drug-likeness (QED) is 0.0254. The summed E-state index contributed by atoms with van der Waals surface area (Å²) in [6, 6.07) is 6.26. The molecular weight excluding hydrogens is 977 g/mol. The number of ether oxygens (including phenoxy) is 2. The minimum atomic E-state index is -0.992. The van der Waals surface area contributed by atoms with Crippen LogP contribution in [0, 0.1) is 23.7 Å². The molecule has 0 atom stereocenters. The molecule has 4 aliphatic rings. The number of carbonyl (C=O) groups is 5. The molecule has 4 aromatic rings. The molecule has 2 aliphatic heterocycles. The highest BCUT2D eigenvalue weighted by atomic mass is 16.5. The van der Waals surface area contributed by atoms with Gasteiger partial charge >= 0.3 is 11.9 Å². The van der Waals surface area contributed by atoms with E-state index in [9.17, 15) is 49.5 Å². The molecule has 76 heavy (non-hydrogen) atoms. The molecule has 8 rings (SSSR count). The topological polar surface area (TPSA) is 244 Å². The molecule has 0 bridgehead atoms. The number of carbonyl (C=O) groups excluding carboxylic acids is 5. The van der Waals surface area contributed by atoms with E-state index in [1.54, 1.807) is 24.3 Å². The monoisotopic (exact) mass is 1050 g/mol. The molecule has 2 aliphatic carbocycles. The van der Waals surface area contributed by atoms with E-state index in [0.717, 1.165) is 13.1 Å². The Morgan fingerprint density at radius 1 is 0.539 bits per heavy atom. The maximum absolute atomic E-state index is 13.8. The van der Waals surface area contributed by atoms with Crippen LogP contribution in [-0.2, 0) is 23.9 Å². The van der Waals surface area contributed by atoms with Crippen molar-refractivity contribution in [3.63, 3.8) is 0 Å². The van der Waals surface area contributed by atoms with Crippen LogP contribution >= 0.6 is 0 Å². The number of phenolic OH excluding ortho intramolecular Hbond substituents is 2. The first-order chi connectivity index (χ1) is 35.9. The highest BCUT2D eigenvalue weighted by Gasteiger charge is 2.44. The first-order valence-electron chi connectivity index (χ1n) is 25.9. The molecule has 0 saturated heterocycles. The standard InChI is InChI=1S/C33H42N2O7.C25H26N2O7/c1-17(2)13-34(14-18(3)4)21-9-23(36)27-25(11-21)41-32(39)29(27)31(38)30-28-24(37)10-22(12-26(28)42-33(30)40)35(15-19(5)6)16-20(7)8;1-5-26(6-2)13-9-15(28)19-17(11-13)33-24(31)21(19)23(30)22-20-16(29)10-14(27(7-3)8-4)12-18(20)34-25(22)32/h9-12,17-20,36,39H,13-16H2,1-8H3;9-12H,5-8H2,1-4H3,(H2,28,29,30,31,32)/p+1. The van der Waals surface area contributed by atoms with E-state index < -0.39 is 57.9 Å². The lowest BCUT2D eigenvalue weighted by Gasteiger charge is -2.30. The lowest BCUT2D eigenvalue weighted by atomic mass is 9.92. The molecule has 2 aromatic heterocycles. The maximum Gasteiger partial charge on any atom is 0.348 e. The van der Waals surface area contributed by atoms with Crippen LogP contribution in [0.1, 0.15) is 104 Å². The van der Waals surface area contributed by atoms with Crippen molar-refractivity contribution < 1.29 is 72.4 Å². The van der Waals surface area contributed by atoms with Gasteiger partial charge in [-0.1, -0.05) is 55.4 Å². The number of allylic oxidation sites excluding steroid dienone is 5. The molecule has 404 valence electrons. The summed E-state index contributed by atoms with van der Waals surface area (Å²) in [6.45, 7) is 30.0. The van der Waals surface area contributed by atoms with Crippen LogP contribution in [0.4, 0.5) is 11.4 Å². The fourth-order valence-corrected chi connectivity index (χ4v) is 10.0. The Balaban J connectivity index is 0.000000226. The van der Waals surface area contributed by atoms with Crippen molar-refractivity contribution in [2.75, 3.05) is 62.2 Å². The SMILES string of the molecule is CC(C)CN(CC(C)C)C1=CC(=O)C2=C(C(=O)c3c(O)oc4cc(N(CC(C)C)CC(C)C)cc(O)c34)C(=O)OC2=C1.CCN(CC)c1cc(O)c2c(C(=O)C3=C4C(O)=CC(=[N+](CC)CC)C=C4OC3=O)c(O)oc2c1. The molecule has 18 nitrogen and oxygen atoms in total. The molecule has 0 fully saturated rings. The van der Waals surface area contributed by atoms with E-state index in [1.807, 2.05) is 37.2 Å². The van der Waals surface area contributed by atoms with Crippen molar-refractivity contribution in [2.24, 2.45) is 23.7 Å². The Hall–Kier alpha value is -8.02. The van der Waals surface area contributed by atoms with E-state index in [2.05, 4.69) is 65.2 Å². The second-order valence-corrected chi connectivity index (χ2v) is 20.8. The average Bonchev–Trinajstić information content (AvgIpc) is 4.08. The zero-order valence-electron chi connectivity index (χ0n) is 45.3. The second-order valence-electron chi connectivity index (χ2n) is 20.8. The number of phenols is 2. The third-order valence-electron chi connectivity index (χ3n) is 13.1. The van der Waals surface area contributed by atoms with Crippen molar-refractivity contribution >= 4 is 68.3 Å². The van der Waals surface area contributed by atoms with Gasteiger partial charge in [-0.3, -0.25) is 14.4 Å². The summed E-state index contributed by atoms with van der Waals surface area (Å²) in [5.41, 5.74) is 0.847. The van der Waals surface area contributed by atoms with E-state index >= 15 is 0 Å². The van der Waals surface area contributed by atoms with Gasteiger partial charge in [0.05, 0.1) is 34.1 Å². The predicted molar refractivity (Wildman–Crippen MR) is 287 cm³/mol. The molecule has 18 heteroatoms. The summed E-state index contributed by atoms with van der Waals surface area (Å²) in [6.07, 6.45) is 6.06. The number of fused-ring (bicyclic) bond motifs is 4. The molecule has 0 radical (unpaired) electrons. The molecular formula is C58H69N4O14+. The number of aliphatic hydroxyl groups is 1. The number of esters is 2. The summed E-state index contributed by atoms with van der Waals surface area (Å²) in [4.78, 5) is 72.5. The zero-order valence-corrected chi connectivity index (χ0v) is 45.3. The number of anilines is 2. The molecule has 0 unspecified atom stereocenters. The normalized spacial score (nSPS) is 15.3. The van der Waals surface area contributed by atoms with Gasteiger partial charge < -0.3 is 58.5 Å². The Morgan fingerprint density at radius 3 is 1.39 bits per heavy atom. The number of aromatic hydroxyl groups is 4. The fraction of sp³-hybridized carbons (Fsp3) is 0.414. The highest BCUT2D eigenvalue weighted by molar-refractivity contribution is 6.35. The fourth-order valence-electron chi connectivity index (χ4n) is 10.0. The van der Waals surface area contributed by atoms with E-state index in [1.165, 1.54) is 24.3 Å². The number of ketones is 3. The third-order valence-corrected chi connectivity index (χ3v) is 13.1. The smallest absolute Gasteiger partial charge is 0.348 e. The first kappa shape index (κ1) is 55.7. The van der Waals surface area contributed by atoms with Crippen LogP contribution in [0.15, 0.2) is 103 Å². The van der Waals surface area contributed by atoms with Crippen LogP contribution in [-0.4, -0.2) is 122 Å². The average molecular weight is 1050 g/mol. The van der Waals surface area contributed by atoms with Gasteiger partial charge in [-0.15, -0.1) is 0 Å². The minimum absolute atomic E-state index is 0.000161. The van der Waals surface area contributed by atoms with Crippen molar-refractivity contribution in [1.82, 2.24) is 4.90 Å². The van der Waals surface area contributed by atoms with Crippen LogP contribution in [0.25, 0.3) is 21.9 Å². The van der Waals surface area contributed by atoms with Crippen molar-refractivity contribution in [3.05, 3.63) is 105 Å². The number of hydrogen-bond donors (Lipinski definition) is 5. The number of nitrogens with zero attached hydrogens (tertiary/aromatic N) is 4. The van der Waals surface area contributed by atoms with Gasteiger partial charge in [0.15, 0.2) is 5.78 Å². The summed E-state index contributed by atoms with van der Waals surface area (Å²) < 4.78 is 23.6. The third kappa shape index (κ3) is 10.9. The van der Waals surface area contributed by atoms with E-state index in [4.69, 9.17) is 18.3 Å². The van der Waals surface area contributed by atoms with Gasteiger partial charge in [0, 0.05) is 92.8 Å². The lowest BCUT2D eigenvalue weighted by molar-refractivity contribution is -0.519. The van der Waals surface area contributed by atoms with Crippen LogP contribution < -0.4 is 9.80 Å². The highest BCUT2D eigenvalue weighted by Crippen LogP contribution is 2.45. The maximum atomic E-state index is 13.8. The number of benzene rings is 2. The summed E-state index contributed by atoms with van der Waals surface area (Å²) in [5, 5.41) is 53.6. The van der Waals surface area contributed by atoms with Gasteiger partial charge in [0.25, 0.3) is 11.9 Å². The van der Waals surface area contributed by atoms with Crippen molar-refractivity contribution in [3.8, 4) is 23.4 Å². The molecule has 2 aromatic carbocycles. The molecule has 0 saturated carbocycles. The Labute approximate surface area is 441 Å². The zero-order chi connectivity index (χ0) is 55.8. The van der Waals surface area contributed by atoms with Gasteiger partial charge in [-0.25, -0.2) is 14.2 Å². The van der Waals surface area contributed by atoms with Crippen LogP contribution in [0.5, 0.6) is 23.4 Å². The molecule has 4 heterocycles. The number of Topliss-reactive ketones (excluding diaryl/α,β-unsaturated/α-hetero) is 2. The van der Waals surface area contributed by atoms with Crippen LogP contribution in [0.3, 0.4) is 0 Å². The summed E-state index contributed by atoms with van der Waals surface area (Å²) >= 11 is 0. The van der Waals surface area contributed by atoms with Crippen molar-refractivity contribution in [2.45, 2.75) is 83.1 Å². The predicted octanol–water partition coefficient (Wildman–Crippen LogP) is 9.52. The second kappa shape index (κ2) is 22.4. The lowest BCUT2D eigenvalue weighted by Crippen LogP contribution is -2.32. The van der Waals surface area contributed by atoms with Gasteiger partial charge in [0.2, 0.25) is 17.3 Å². The van der Waals surface area contributed by atoms with Gasteiger partial charge in [-0.2, -0.15) is 0 Å². The summed E-state index contributed by atoms with van der Waals surface area (Å²) in [7, 11) is 0. The molecule has 0 spiro atoms. The minimum Gasteiger partial charge on any atom is -0.507 e. The Kier molecular flexibility index (Phi) is 16.5. The van der Waals surface area contributed by atoms with Crippen LogP contribution in [0.2, 0.25) is 0 Å². The molecule has 5 N–H and O–H groups in total.